The van der Waals surface area contributed by atoms with E-state index in [1.807, 2.05) is 0 Å². The van der Waals surface area contributed by atoms with E-state index in [1.54, 1.807) is 5.38 Å². The summed E-state index contributed by atoms with van der Waals surface area (Å²) in [7, 11) is 0. The lowest BCUT2D eigenvalue weighted by molar-refractivity contribution is 0.112. The van der Waals surface area contributed by atoms with Crippen molar-refractivity contribution in [1.29, 1.82) is 0 Å². The Morgan fingerprint density at radius 3 is 2.94 bits per heavy atom. The van der Waals surface area contributed by atoms with Crippen molar-refractivity contribution >= 4 is 11.3 Å². The van der Waals surface area contributed by atoms with Gasteiger partial charge in [-0.3, -0.25) is 0 Å². The lowest BCUT2D eigenvalue weighted by atomic mass is 10.1. The van der Waals surface area contributed by atoms with Gasteiger partial charge in [-0.2, -0.15) is 0 Å². The molecule has 2 heterocycles. The number of hydrogen-bond donors (Lipinski definition) is 0. The third-order valence-corrected chi connectivity index (χ3v) is 3.87. The molecule has 1 aliphatic rings. The maximum absolute atomic E-state index is 13.6. The first-order valence-corrected chi connectivity index (χ1v) is 6.64. The van der Waals surface area contributed by atoms with Crippen LogP contribution in [0.5, 0.6) is 0 Å². The molecule has 1 aromatic heterocycles. The average Bonchev–Trinajstić information content (AvgIpc) is 2.99. The number of rotatable bonds is 2. The van der Waals surface area contributed by atoms with Crippen LogP contribution in [0.15, 0.2) is 23.6 Å². The third kappa shape index (κ3) is 2.15. The molecule has 3 rings (SSSR count). The molecule has 18 heavy (non-hydrogen) atoms. The van der Waals surface area contributed by atoms with Crippen molar-refractivity contribution in [3.05, 3.63) is 40.2 Å². The highest BCUT2D eigenvalue weighted by atomic mass is 32.1. The van der Waals surface area contributed by atoms with Crippen molar-refractivity contribution in [1.82, 2.24) is 4.98 Å². The minimum absolute atomic E-state index is 0.0345. The topological polar surface area (TPSA) is 22.1 Å². The molecule has 5 heteroatoms. The Balaban J connectivity index is 1.92. The van der Waals surface area contributed by atoms with Gasteiger partial charge in [0, 0.05) is 23.6 Å². The minimum atomic E-state index is -0.584. The lowest BCUT2D eigenvalue weighted by Gasteiger charge is -2.04. The SMILES string of the molecule is Fc1ccc(-c2csc(C3CCCO3)n2)c(F)c1. The van der Waals surface area contributed by atoms with Gasteiger partial charge in [0.1, 0.15) is 22.7 Å². The first-order chi connectivity index (χ1) is 8.74. The van der Waals surface area contributed by atoms with Gasteiger partial charge in [-0.1, -0.05) is 0 Å². The molecule has 0 bridgehead atoms. The van der Waals surface area contributed by atoms with Crippen LogP contribution in [0.2, 0.25) is 0 Å². The summed E-state index contributed by atoms with van der Waals surface area (Å²) in [6, 6.07) is 3.53. The lowest BCUT2D eigenvalue weighted by Crippen LogP contribution is -1.95. The van der Waals surface area contributed by atoms with Gasteiger partial charge < -0.3 is 4.74 Å². The molecular weight excluding hydrogens is 256 g/mol. The number of ether oxygens (including phenoxy) is 1. The molecule has 1 fully saturated rings. The second-order valence-electron chi connectivity index (χ2n) is 4.20. The van der Waals surface area contributed by atoms with E-state index >= 15 is 0 Å². The van der Waals surface area contributed by atoms with Crippen LogP contribution in [0.1, 0.15) is 24.0 Å². The van der Waals surface area contributed by atoms with Crippen LogP contribution in [0.25, 0.3) is 11.3 Å². The van der Waals surface area contributed by atoms with Gasteiger partial charge in [0.05, 0.1) is 5.69 Å². The molecule has 1 aliphatic heterocycles. The Bertz CT molecular complexity index is 564. The van der Waals surface area contributed by atoms with Crippen LogP contribution in [0.4, 0.5) is 8.78 Å². The monoisotopic (exact) mass is 267 g/mol. The van der Waals surface area contributed by atoms with Crippen molar-refractivity contribution in [2.45, 2.75) is 18.9 Å². The third-order valence-electron chi connectivity index (χ3n) is 2.93. The van der Waals surface area contributed by atoms with E-state index in [4.69, 9.17) is 4.74 Å². The summed E-state index contributed by atoms with van der Waals surface area (Å²) in [5, 5.41) is 2.65. The molecule has 0 aliphatic carbocycles. The number of nitrogens with zero attached hydrogens (tertiary/aromatic N) is 1. The quantitative estimate of drug-likeness (QED) is 0.822. The highest BCUT2D eigenvalue weighted by Gasteiger charge is 2.21. The Morgan fingerprint density at radius 1 is 1.33 bits per heavy atom. The number of benzene rings is 1. The normalized spacial score (nSPS) is 19.3. The van der Waals surface area contributed by atoms with Crippen molar-refractivity contribution in [2.75, 3.05) is 6.61 Å². The van der Waals surface area contributed by atoms with E-state index in [2.05, 4.69) is 4.98 Å². The van der Waals surface area contributed by atoms with Crippen LogP contribution in [0.3, 0.4) is 0 Å². The van der Waals surface area contributed by atoms with Crippen molar-refractivity contribution in [3.8, 4) is 11.3 Å². The van der Waals surface area contributed by atoms with E-state index in [9.17, 15) is 8.78 Å². The molecule has 0 spiro atoms. The number of thiazole rings is 1. The van der Waals surface area contributed by atoms with Gasteiger partial charge in [0.15, 0.2) is 0 Å². The Labute approximate surface area is 107 Å². The maximum atomic E-state index is 13.6. The van der Waals surface area contributed by atoms with Gasteiger partial charge in [-0.05, 0) is 25.0 Å². The number of hydrogen-bond acceptors (Lipinski definition) is 3. The number of halogens is 2. The van der Waals surface area contributed by atoms with Crippen LogP contribution < -0.4 is 0 Å². The van der Waals surface area contributed by atoms with Gasteiger partial charge in [-0.15, -0.1) is 11.3 Å². The second kappa shape index (κ2) is 4.74. The first-order valence-electron chi connectivity index (χ1n) is 5.76. The van der Waals surface area contributed by atoms with E-state index < -0.39 is 11.6 Å². The maximum Gasteiger partial charge on any atom is 0.135 e. The molecule has 0 saturated carbocycles. The Morgan fingerprint density at radius 2 is 2.22 bits per heavy atom. The summed E-state index contributed by atoms with van der Waals surface area (Å²) in [6.45, 7) is 0.754. The molecule has 1 atom stereocenters. The van der Waals surface area contributed by atoms with Crippen molar-refractivity contribution < 1.29 is 13.5 Å². The largest absolute Gasteiger partial charge is 0.371 e. The minimum Gasteiger partial charge on any atom is -0.371 e. The van der Waals surface area contributed by atoms with E-state index in [1.165, 1.54) is 23.5 Å². The fraction of sp³-hybridized carbons (Fsp3) is 0.308. The van der Waals surface area contributed by atoms with Gasteiger partial charge in [0.2, 0.25) is 0 Å². The molecular formula is C13H11F2NOS. The molecule has 0 N–H and O–H groups in total. The summed E-state index contributed by atoms with van der Waals surface area (Å²) in [5.74, 6) is -1.16. The highest BCUT2D eigenvalue weighted by molar-refractivity contribution is 7.10. The van der Waals surface area contributed by atoms with E-state index in [-0.39, 0.29) is 6.10 Å². The van der Waals surface area contributed by atoms with E-state index in [0.717, 1.165) is 30.5 Å². The summed E-state index contributed by atoms with van der Waals surface area (Å²) >= 11 is 1.46. The van der Waals surface area contributed by atoms with E-state index in [0.29, 0.717) is 11.3 Å². The zero-order valence-electron chi connectivity index (χ0n) is 9.53. The van der Waals surface area contributed by atoms with Crippen LogP contribution in [-0.4, -0.2) is 11.6 Å². The zero-order valence-corrected chi connectivity index (χ0v) is 10.3. The van der Waals surface area contributed by atoms with Crippen LogP contribution in [-0.2, 0) is 4.74 Å². The fourth-order valence-electron chi connectivity index (χ4n) is 2.03. The predicted octanol–water partition coefficient (Wildman–Crippen LogP) is 3.94. The first kappa shape index (κ1) is 11.7. The standard InChI is InChI=1S/C13H11F2NOS/c14-8-3-4-9(10(15)6-8)11-7-18-13(16-11)12-2-1-5-17-12/h3-4,6-7,12H,1-2,5H2. The van der Waals surface area contributed by atoms with Crippen LogP contribution in [0, 0.1) is 11.6 Å². The summed E-state index contributed by atoms with van der Waals surface area (Å²) < 4.78 is 32.0. The van der Waals surface area contributed by atoms with Crippen molar-refractivity contribution in [2.24, 2.45) is 0 Å². The van der Waals surface area contributed by atoms with Gasteiger partial charge in [0.25, 0.3) is 0 Å². The molecule has 1 unspecified atom stereocenters. The summed E-state index contributed by atoms with van der Waals surface area (Å²) in [5.41, 5.74) is 0.875. The second-order valence-corrected chi connectivity index (χ2v) is 5.09. The predicted molar refractivity (Wildman–Crippen MR) is 65.4 cm³/mol. The zero-order chi connectivity index (χ0) is 12.5. The van der Waals surface area contributed by atoms with Crippen molar-refractivity contribution in [3.63, 3.8) is 0 Å². The summed E-state index contributed by atoms with van der Waals surface area (Å²) in [6.07, 6.45) is 2.02. The highest BCUT2D eigenvalue weighted by Crippen LogP contribution is 2.33. The molecule has 2 aromatic rings. The Hall–Kier alpha value is -1.33. The van der Waals surface area contributed by atoms with Crippen LogP contribution >= 0.6 is 11.3 Å². The van der Waals surface area contributed by atoms with Gasteiger partial charge in [-0.25, -0.2) is 13.8 Å². The molecule has 0 radical (unpaired) electrons. The number of aromatic nitrogens is 1. The molecule has 0 amide bonds. The molecule has 1 saturated heterocycles. The fourth-order valence-corrected chi connectivity index (χ4v) is 2.93. The average molecular weight is 267 g/mol. The molecule has 2 nitrogen and oxygen atoms in total. The molecule has 1 aromatic carbocycles. The summed E-state index contributed by atoms with van der Waals surface area (Å²) in [4.78, 5) is 4.38. The Kier molecular flexibility index (Phi) is 3.09. The molecule has 94 valence electrons. The smallest absolute Gasteiger partial charge is 0.135 e. The van der Waals surface area contributed by atoms with Gasteiger partial charge >= 0.3 is 0 Å².